The van der Waals surface area contributed by atoms with Crippen molar-refractivity contribution >= 4 is 52.6 Å². The molecule has 29 heavy (non-hydrogen) atoms. The van der Waals surface area contributed by atoms with Crippen molar-refractivity contribution in [3.05, 3.63) is 32.7 Å². The van der Waals surface area contributed by atoms with Gasteiger partial charge < -0.3 is 14.3 Å². The summed E-state index contributed by atoms with van der Waals surface area (Å²) >= 11 is 23.6. The lowest BCUT2D eigenvalue weighted by atomic mass is 10.2. The van der Waals surface area contributed by atoms with Gasteiger partial charge >= 0.3 is 0 Å². The van der Waals surface area contributed by atoms with Crippen LogP contribution in [0, 0.1) is 0 Å². The normalized spacial score (nSPS) is 10.9. The van der Waals surface area contributed by atoms with Gasteiger partial charge in [0.05, 0.1) is 16.7 Å². The molecule has 4 nitrogen and oxygen atoms in total. The largest absolute Gasteiger partial charge is 0.490 e. The van der Waals surface area contributed by atoms with Gasteiger partial charge in [-0.2, -0.15) is 0 Å². The van der Waals surface area contributed by atoms with E-state index in [1.54, 1.807) is 12.1 Å². The molecule has 0 bridgehead atoms. The molecule has 1 rings (SSSR count). The number of hydrogen-bond acceptors (Lipinski definition) is 4. The minimum absolute atomic E-state index is 0.142. The summed E-state index contributed by atoms with van der Waals surface area (Å²) in [6.07, 6.45) is 12.0. The summed E-state index contributed by atoms with van der Waals surface area (Å²) in [5, 5.41) is 4.77. The maximum Gasteiger partial charge on any atom is 0.156 e. The second-order valence-corrected chi connectivity index (χ2v) is 8.22. The first-order chi connectivity index (χ1) is 14.0. The Balaban J connectivity index is 2.16. The summed E-state index contributed by atoms with van der Waals surface area (Å²) in [7, 11) is 0. The second-order valence-electron chi connectivity index (χ2n) is 6.40. The van der Waals surface area contributed by atoms with Crippen molar-refractivity contribution in [3.63, 3.8) is 0 Å². The minimum atomic E-state index is 0.142. The van der Waals surface area contributed by atoms with E-state index in [9.17, 15) is 0 Å². The third-order valence-electron chi connectivity index (χ3n) is 3.92. The van der Waals surface area contributed by atoms with Crippen molar-refractivity contribution < 1.29 is 14.3 Å². The van der Waals surface area contributed by atoms with E-state index in [0.29, 0.717) is 34.8 Å². The Hall–Kier alpha value is -0.810. The molecule has 0 amide bonds. The molecule has 0 saturated heterocycles. The molecule has 0 atom stereocenters. The number of ether oxygens (including phenoxy) is 2. The highest BCUT2D eigenvalue weighted by atomic mass is 35.5. The molecule has 0 aliphatic rings. The first-order valence-electron chi connectivity index (χ1n) is 9.94. The van der Waals surface area contributed by atoms with Gasteiger partial charge in [-0.25, -0.2) is 0 Å². The average molecular weight is 485 g/mol. The number of oxime groups is 1. The van der Waals surface area contributed by atoms with E-state index in [1.165, 1.54) is 25.3 Å². The lowest BCUT2D eigenvalue weighted by molar-refractivity contribution is 0.140. The smallest absolute Gasteiger partial charge is 0.156 e. The van der Waals surface area contributed by atoms with Crippen LogP contribution in [0.4, 0.5) is 0 Å². The molecule has 1 aromatic rings. The summed E-state index contributed by atoms with van der Waals surface area (Å²) in [5.41, 5.74) is 0. The fourth-order valence-corrected chi connectivity index (χ4v) is 3.10. The minimum Gasteiger partial charge on any atom is -0.490 e. The molecule has 0 saturated carbocycles. The zero-order valence-corrected chi connectivity index (χ0v) is 19.8. The number of halogens is 4. The van der Waals surface area contributed by atoms with E-state index in [1.807, 2.05) is 6.21 Å². The monoisotopic (exact) mass is 483 g/mol. The maximum atomic E-state index is 6.24. The van der Waals surface area contributed by atoms with Crippen molar-refractivity contribution in [1.29, 1.82) is 0 Å². The first-order valence-corrected chi connectivity index (χ1v) is 11.4. The van der Waals surface area contributed by atoms with Gasteiger partial charge in [0.15, 0.2) is 5.75 Å². The Kier molecular flexibility index (Phi) is 15.3. The van der Waals surface area contributed by atoms with E-state index in [2.05, 4.69) is 12.1 Å². The van der Waals surface area contributed by atoms with Crippen molar-refractivity contribution in [1.82, 2.24) is 0 Å². The average Bonchev–Trinajstić information content (AvgIpc) is 2.67. The number of unbranched alkanes of at least 4 members (excludes halogenated alkanes) is 6. The van der Waals surface area contributed by atoms with Crippen LogP contribution in [0.2, 0.25) is 10.0 Å². The highest BCUT2D eigenvalue weighted by Crippen LogP contribution is 2.37. The predicted molar refractivity (Wildman–Crippen MR) is 124 cm³/mol. The Morgan fingerprint density at radius 2 is 1.62 bits per heavy atom. The van der Waals surface area contributed by atoms with Crippen LogP contribution in [0.5, 0.6) is 11.5 Å². The molecule has 0 heterocycles. The predicted octanol–water partition coefficient (Wildman–Crippen LogP) is 8.21. The lowest BCUT2D eigenvalue weighted by Crippen LogP contribution is -2.00. The van der Waals surface area contributed by atoms with Crippen molar-refractivity contribution in [3.8, 4) is 11.5 Å². The Morgan fingerprint density at radius 1 is 0.931 bits per heavy atom. The molecule has 0 aliphatic heterocycles. The standard InChI is InChI=1S/C21H29Cl4NO3/c1-2-3-4-7-11-26-29-13-9-6-5-8-12-28-21-18(22)15-17(16-19(21)23)27-14-10-20(24)25/h10-11,15-16H,2-9,12-14H2,1H3. The molecular formula is C21H29Cl4NO3. The zero-order valence-electron chi connectivity index (χ0n) is 16.8. The molecule has 1 aromatic carbocycles. The van der Waals surface area contributed by atoms with Crippen LogP contribution >= 0.6 is 46.4 Å². The molecule has 0 spiro atoms. The summed E-state index contributed by atoms with van der Waals surface area (Å²) in [4.78, 5) is 5.25. The Labute approximate surface area is 194 Å². The number of rotatable bonds is 16. The lowest BCUT2D eigenvalue weighted by Gasteiger charge is -2.12. The third-order valence-corrected chi connectivity index (χ3v) is 4.79. The van der Waals surface area contributed by atoms with Crippen LogP contribution in [0.15, 0.2) is 27.9 Å². The van der Waals surface area contributed by atoms with Gasteiger partial charge in [0.2, 0.25) is 0 Å². The number of nitrogens with zero attached hydrogens (tertiary/aromatic N) is 1. The molecule has 0 aliphatic carbocycles. The van der Waals surface area contributed by atoms with Crippen LogP contribution < -0.4 is 9.47 Å². The molecule has 0 radical (unpaired) electrons. The Bertz CT molecular complexity index is 611. The van der Waals surface area contributed by atoms with Gasteiger partial charge in [-0.1, -0.05) is 71.3 Å². The number of hydrogen-bond donors (Lipinski definition) is 0. The highest BCUT2D eigenvalue weighted by molar-refractivity contribution is 6.55. The molecule has 0 aromatic heterocycles. The van der Waals surface area contributed by atoms with Gasteiger partial charge in [-0.15, -0.1) is 0 Å². The van der Waals surface area contributed by atoms with Crippen molar-refractivity contribution in [2.45, 2.75) is 58.3 Å². The van der Waals surface area contributed by atoms with E-state index < -0.39 is 0 Å². The van der Waals surface area contributed by atoms with Crippen LogP contribution in [0.3, 0.4) is 0 Å². The van der Waals surface area contributed by atoms with Gasteiger partial charge in [-0.3, -0.25) is 0 Å². The Morgan fingerprint density at radius 3 is 2.28 bits per heavy atom. The van der Waals surface area contributed by atoms with Crippen LogP contribution in [-0.2, 0) is 4.84 Å². The molecule has 0 unspecified atom stereocenters. The van der Waals surface area contributed by atoms with E-state index in [4.69, 9.17) is 60.7 Å². The van der Waals surface area contributed by atoms with E-state index in [-0.39, 0.29) is 11.1 Å². The summed E-state index contributed by atoms with van der Waals surface area (Å²) in [5.74, 6) is 0.985. The molecule has 8 heteroatoms. The molecule has 0 N–H and O–H groups in total. The van der Waals surface area contributed by atoms with Gasteiger partial charge in [-0.05, 0) is 44.6 Å². The van der Waals surface area contributed by atoms with Gasteiger partial charge in [0, 0.05) is 18.3 Å². The molecular weight excluding hydrogens is 456 g/mol. The van der Waals surface area contributed by atoms with E-state index in [0.717, 1.165) is 32.1 Å². The van der Waals surface area contributed by atoms with Crippen molar-refractivity contribution in [2.24, 2.45) is 5.16 Å². The zero-order chi connectivity index (χ0) is 21.3. The fraction of sp³-hybridized carbons (Fsp3) is 0.571. The van der Waals surface area contributed by atoms with E-state index >= 15 is 0 Å². The van der Waals surface area contributed by atoms with Gasteiger partial charge in [0.25, 0.3) is 0 Å². The third kappa shape index (κ3) is 13.2. The number of benzene rings is 1. The maximum absolute atomic E-state index is 6.24. The fourth-order valence-electron chi connectivity index (χ4n) is 2.40. The second kappa shape index (κ2) is 16.9. The van der Waals surface area contributed by atoms with Crippen LogP contribution in [0.1, 0.15) is 58.3 Å². The summed E-state index contributed by atoms with van der Waals surface area (Å²) in [6.45, 7) is 3.60. The highest BCUT2D eigenvalue weighted by Gasteiger charge is 2.10. The first kappa shape index (κ1) is 26.2. The molecule has 0 fully saturated rings. The summed E-state index contributed by atoms with van der Waals surface area (Å²) < 4.78 is 11.3. The topological polar surface area (TPSA) is 40.0 Å². The van der Waals surface area contributed by atoms with Crippen LogP contribution in [-0.4, -0.2) is 26.0 Å². The quantitative estimate of drug-likeness (QED) is 0.135. The van der Waals surface area contributed by atoms with Crippen molar-refractivity contribution in [2.75, 3.05) is 19.8 Å². The summed E-state index contributed by atoms with van der Waals surface area (Å²) in [6, 6.07) is 3.30. The van der Waals surface area contributed by atoms with Crippen LogP contribution in [0.25, 0.3) is 0 Å². The molecule has 164 valence electrons. The SMILES string of the molecule is CCCCCC=NOCCCCCCOc1c(Cl)cc(OCC=C(Cl)Cl)cc1Cl. The van der Waals surface area contributed by atoms with Gasteiger partial charge in [0.1, 0.15) is 23.5 Å².